The Kier molecular flexibility index (Phi) is 7.12. The van der Waals surface area contributed by atoms with E-state index in [0.29, 0.717) is 38.9 Å². The highest BCUT2D eigenvalue weighted by Crippen LogP contribution is 2.26. The zero-order chi connectivity index (χ0) is 22.5. The summed E-state index contributed by atoms with van der Waals surface area (Å²) in [6, 6.07) is 12.5. The van der Waals surface area contributed by atoms with E-state index in [1.807, 2.05) is 0 Å². The highest BCUT2D eigenvalue weighted by Gasteiger charge is 2.43. The van der Waals surface area contributed by atoms with Gasteiger partial charge in [0.15, 0.2) is 0 Å². The van der Waals surface area contributed by atoms with Gasteiger partial charge in [0.2, 0.25) is 11.8 Å². The Bertz CT molecular complexity index is 936. The average molecular weight is 443 g/mol. The molecule has 8 heteroatoms. The van der Waals surface area contributed by atoms with Crippen LogP contribution in [0.5, 0.6) is 0 Å². The Hall–Kier alpha value is -2.84. The molecule has 3 atom stereocenters. The smallest absolute Gasteiger partial charge is 0.237 e. The lowest BCUT2D eigenvalue weighted by Crippen LogP contribution is -2.58. The minimum atomic E-state index is -0.301. The summed E-state index contributed by atoms with van der Waals surface area (Å²) in [6.07, 6.45) is 1.72. The number of carbonyl (C=O) groups is 2. The van der Waals surface area contributed by atoms with Crippen LogP contribution in [0.15, 0.2) is 48.5 Å². The third kappa shape index (κ3) is 5.69. The van der Waals surface area contributed by atoms with E-state index in [-0.39, 0.29) is 41.6 Å². The Balaban J connectivity index is 1.25. The maximum absolute atomic E-state index is 13.1. The van der Waals surface area contributed by atoms with Gasteiger partial charge in [-0.15, -0.1) is 0 Å². The summed E-state index contributed by atoms with van der Waals surface area (Å²) in [4.78, 5) is 26.9. The monoisotopic (exact) mass is 442 g/mol. The van der Waals surface area contributed by atoms with E-state index in [0.717, 1.165) is 17.7 Å². The minimum absolute atomic E-state index is 0.0353. The fraction of sp³-hybridized carbons (Fsp3) is 0.417. The van der Waals surface area contributed by atoms with Gasteiger partial charge in [0.25, 0.3) is 0 Å². The third-order valence-corrected chi connectivity index (χ3v) is 6.24. The van der Waals surface area contributed by atoms with Crippen LogP contribution in [0.2, 0.25) is 0 Å². The highest BCUT2D eigenvalue weighted by atomic mass is 19.1. The van der Waals surface area contributed by atoms with Crippen LogP contribution in [-0.4, -0.2) is 47.9 Å². The molecule has 2 fully saturated rings. The normalized spacial score (nSPS) is 22.9. The lowest BCUT2D eigenvalue weighted by atomic mass is 10.0. The van der Waals surface area contributed by atoms with Crippen LogP contribution in [0.1, 0.15) is 30.4 Å². The maximum atomic E-state index is 13.1. The average Bonchev–Trinajstić information content (AvgIpc) is 3.23. The van der Waals surface area contributed by atoms with Crippen LogP contribution < -0.4 is 16.0 Å². The van der Waals surface area contributed by atoms with E-state index >= 15 is 0 Å². The van der Waals surface area contributed by atoms with Gasteiger partial charge < -0.3 is 16.0 Å². The maximum Gasteiger partial charge on any atom is 0.237 e. The van der Waals surface area contributed by atoms with Gasteiger partial charge in [-0.3, -0.25) is 14.5 Å². The first-order valence-corrected chi connectivity index (χ1v) is 11.0. The molecule has 0 bridgehead atoms. The van der Waals surface area contributed by atoms with E-state index in [1.54, 1.807) is 24.3 Å². The Morgan fingerprint density at radius 2 is 1.62 bits per heavy atom. The molecule has 4 rings (SSSR count). The fourth-order valence-electron chi connectivity index (χ4n) is 4.45. The van der Waals surface area contributed by atoms with Crippen molar-refractivity contribution in [3.63, 3.8) is 0 Å². The largest absolute Gasteiger partial charge is 0.353 e. The van der Waals surface area contributed by atoms with Crippen molar-refractivity contribution < 1.29 is 18.4 Å². The first kappa shape index (κ1) is 22.4. The first-order valence-electron chi connectivity index (χ1n) is 11.0. The molecule has 2 aromatic carbocycles. The Morgan fingerprint density at radius 3 is 2.28 bits per heavy atom. The van der Waals surface area contributed by atoms with Crippen molar-refractivity contribution in [3.8, 4) is 0 Å². The lowest BCUT2D eigenvalue weighted by Gasteiger charge is -2.37. The first-order chi connectivity index (χ1) is 15.5. The van der Waals surface area contributed by atoms with Gasteiger partial charge in [0.05, 0.1) is 6.04 Å². The highest BCUT2D eigenvalue weighted by molar-refractivity contribution is 5.83. The number of carbonyl (C=O) groups excluding carboxylic acids is 2. The van der Waals surface area contributed by atoms with Gasteiger partial charge in [-0.25, -0.2) is 8.78 Å². The molecule has 32 heavy (non-hydrogen) atoms. The second-order valence-corrected chi connectivity index (χ2v) is 8.49. The number of benzene rings is 2. The molecule has 3 N–H and O–H groups in total. The Labute approximate surface area is 186 Å². The van der Waals surface area contributed by atoms with E-state index in [9.17, 15) is 18.4 Å². The topological polar surface area (TPSA) is 73.5 Å². The van der Waals surface area contributed by atoms with Gasteiger partial charge in [0.1, 0.15) is 11.6 Å². The quantitative estimate of drug-likeness (QED) is 0.586. The number of piperazine rings is 1. The van der Waals surface area contributed by atoms with Crippen LogP contribution in [0.25, 0.3) is 0 Å². The predicted molar refractivity (Wildman–Crippen MR) is 116 cm³/mol. The van der Waals surface area contributed by atoms with Crippen molar-refractivity contribution in [1.29, 1.82) is 0 Å². The molecule has 2 aliphatic rings. The van der Waals surface area contributed by atoms with E-state index in [1.165, 1.54) is 24.3 Å². The number of rotatable bonds is 8. The molecule has 2 aromatic rings. The number of fused-ring (bicyclic) bond motifs is 1. The van der Waals surface area contributed by atoms with Crippen molar-refractivity contribution in [2.45, 2.75) is 50.5 Å². The predicted octanol–water partition coefficient (Wildman–Crippen LogP) is 2.09. The van der Waals surface area contributed by atoms with Crippen molar-refractivity contribution in [3.05, 3.63) is 71.3 Å². The number of nitrogens with zero attached hydrogens (tertiary/aromatic N) is 1. The molecule has 0 aromatic heterocycles. The van der Waals surface area contributed by atoms with Crippen LogP contribution in [-0.2, 0) is 22.7 Å². The van der Waals surface area contributed by atoms with Crippen LogP contribution >= 0.6 is 0 Å². The van der Waals surface area contributed by atoms with Gasteiger partial charge in [-0.1, -0.05) is 24.3 Å². The summed E-state index contributed by atoms with van der Waals surface area (Å²) in [5.41, 5.74) is 1.84. The summed E-state index contributed by atoms with van der Waals surface area (Å²) >= 11 is 0. The second kappa shape index (κ2) is 10.2. The standard InChI is InChI=1S/C24H28F2N4O2/c25-18-5-1-16(2-6-18)12-27-20-11-22-24(32)29-14-21(30(22)15-20)9-10-23(31)28-13-17-3-7-19(26)8-4-17/h1-8,20-22,27H,9-15H2,(H,28,31)(H,29,32). The Morgan fingerprint density at radius 1 is 1.00 bits per heavy atom. The van der Waals surface area contributed by atoms with E-state index in [4.69, 9.17) is 0 Å². The summed E-state index contributed by atoms with van der Waals surface area (Å²) in [7, 11) is 0. The fourth-order valence-corrected chi connectivity index (χ4v) is 4.45. The molecular weight excluding hydrogens is 414 g/mol. The number of hydrogen-bond acceptors (Lipinski definition) is 4. The molecule has 2 heterocycles. The van der Waals surface area contributed by atoms with Gasteiger partial charge in [0, 0.05) is 44.7 Å². The zero-order valence-electron chi connectivity index (χ0n) is 17.8. The number of amides is 2. The molecule has 0 radical (unpaired) electrons. The molecule has 2 saturated heterocycles. The SMILES string of the molecule is O=C(CCC1CNC(=O)C2CC(NCc3ccc(F)cc3)CN12)NCc1ccc(F)cc1. The molecule has 170 valence electrons. The number of hydrogen-bond donors (Lipinski definition) is 3. The zero-order valence-corrected chi connectivity index (χ0v) is 17.8. The van der Waals surface area contributed by atoms with Crippen LogP contribution in [0.3, 0.4) is 0 Å². The second-order valence-electron chi connectivity index (χ2n) is 8.49. The summed E-state index contributed by atoms with van der Waals surface area (Å²) in [5, 5.41) is 9.32. The molecule has 0 saturated carbocycles. The third-order valence-electron chi connectivity index (χ3n) is 6.24. The van der Waals surface area contributed by atoms with Crippen molar-refractivity contribution in [1.82, 2.24) is 20.9 Å². The number of nitrogens with one attached hydrogen (secondary N) is 3. The molecule has 3 unspecified atom stereocenters. The molecular formula is C24H28F2N4O2. The number of halogens is 2. The molecule has 0 spiro atoms. The van der Waals surface area contributed by atoms with Crippen LogP contribution in [0, 0.1) is 11.6 Å². The van der Waals surface area contributed by atoms with E-state index in [2.05, 4.69) is 20.9 Å². The van der Waals surface area contributed by atoms with Gasteiger partial charge >= 0.3 is 0 Å². The summed E-state index contributed by atoms with van der Waals surface area (Å²) in [5.74, 6) is -0.584. The van der Waals surface area contributed by atoms with Crippen molar-refractivity contribution in [2.75, 3.05) is 13.1 Å². The van der Waals surface area contributed by atoms with Crippen LogP contribution in [0.4, 0.5) is 8.78 Å². The summed E-state index contributed by atoms with van der Waals surface area (Å²) < 4.78 is 26.1. The van der Waals surface area contributed by atoms with E-state index < -0.39 is 0 Å². The molecule has 2 aliphatic heterocycles. The molecule has 0 aliphatic carbocycles. The molecule has 6 nitrogen and oxygen atoms in total. The summed E-state index contributed by atoms with van der Waals surface area (Å²) in [6.45, 7) is 2.25. The molecule has 2 amide bonds. The van der Waals surface area contributed by atoms with Crippen molar-refractivity contribution in [2.24, 2.45) is 0 Å². The lowest BCUT2D eigenvalue weighted by molar-refractivity contribution is -0.129. The van der Waals surface area contributed by atoms with Gasteiger partial charge in [-0.05, 0) is 48.2 Å². The minimum Gasteiger partial charge on any atom is -0.353 e. The van der Waals surface area contributed by atoms with Crippen molar-refractivity contribution >= 4 is 11.8 Å². The van der Waals surface area contributed by atoms with Gasteiger partial charge in [-0.2, -0.15) is 0 Å².